The van der Waals surface area contributed by atoms with Crippen LogP contribution in [0, 0.1) is 5.92 Å². The Labute approximate surface area is 147 Å². The molecule has 1 aromatic heterocycles. The molecule has 0 aliphatic carbocycles. The zero-order valence-electron chi connectivity index (χ0n) is 13.8. The molecule has 3 unspecified atom stereocenters. The van der Waals surface area contributed by atoms with Crippen LogP contribution in [-0.2, 0) is 9.53 Å². The standard InChI is InChI=1S/C15H20F2N4O5/c16-15(17)11(23)9(7-22)26-13(15)21-6-3-10(20-14(21)25)19-12(24)8-1-4-18-5-2-8/h3,6,8-9,11,13,18,22-23H,1-2,4-5,7H2,(H,19,20,24,25). The Bertz CT molecular complexity index is 722. The summed E-state index contributed by atoms with van der Waals surface area (Å²) in [6.07, 6.45) is -3.52. The fourth-order valence-corrected chi connectivity index (χ4v) is 3.09. The van der Waals surface area contributed by atoms with Crippen molar-refractivity contribution in [3.8, 4) is 0 Å². The van der Waals surface area contributed by atoms with E-state index in [9.17, 15) is 23.5 Å². The summed E-state index contributed by atoms with van der Waals surface area (Å²) in [5.41, 5.74) is -1.07. The van der Waals surface area contributed by atoms with Crippen LogP contribution in [0.3, 0.4) is 0 Å². The lowest BCUT2D eigenvalue weighted by molar-refractivity contribution is -0.141. The second kappa shape index (κ2) is 7.35. The molecule has 26 heavy (non-hydrogen) atoms. The summed E-state index contributed by atoms with van der Waals surface area (Å²) >= 11 is 0. The normalized spacial score (nSPS) is 28.8. The Kier molecular flexibility index (Phi) is 5.32. The molecule has 0 spiro atoms. The molecular formula is C15H20F2N4O5. The van der Waals surface area contributed by atoms with E-state index in [0.29, 0.717) is 17.4 Å². The molecule has 144 valence electrons. The highest BCUT2D eigenvalue weighted by molar-refractivity contribution is 5.91. The lowest BCUT2D eigenvalue weighted by Gasteiger charge is -2.22. The molecule has 0 aromatic carbocycles. The number of rotatable bonds is 4. The van der Waals surface area contributed by atoms with E-state index in [4.69, 9.17) is 9.84 Å². The Hall–Kier alpha value is -1.95. The van der Waals surface area contributed by atoms with E-state index >= 15 is 0 Å². The third-order valence-corrected chi connectivity index (χ3v) is 4.60. The second-order valence-corrected chi connectivity index (χ2v) is 6.34. The van der Waals surface area contributed by atoms with E-state index in [1.54, 1.807) is 0 Å². The van der Waals surface area contributed by atoms with Crippen molar-refractivity contribution < 1.29 is 28.5 Å². The van der Waals surface area contributed by atoms with Gasteiger partial charge in [0.05, 0.1) is 6.61 Å². The fourth-order valence-electron chi connectivity index (χ4n) is 3.09. The van der Waals surface area contributed by atoms with Crippen molar-refractivity contribution in [1.29, 1.82) is 0 Å². The fraction of sp³-hybridized carbons (Fsp3) is 0.667. The van der Waals surface area contributed by atoms with Gasteiger partial charge in [0, 0.05) is 12.1 Å². The van der Waals surface area contributed by atoms with E-state index in [2.05, 4.69) is 15.6 Å². The molecule has 9 nitrogen and oxygen atoms in total. The number of alkyl halides is 2. The summed E-state index contributed by atoms with van der Waals surface area (Å²) in [6.45, 7) is 0.616. The number of aromatic nitrogens is 2. The Balaban J connectivity index is 1.75. The van der Waals surface area contributed by atoms with Gasteiger partial charge in [0.2, 0.25) is 12.1 Å². The van der Waals surface area contributed by atoms with Crippen LogP contribution in [0.1, 0.15) is 19.1 Å². The number of hydrogen-bond donors (Lipinski definition) is 4. The largest absolute Gasteiger partial charge is 0.394 e. The molecule has 4 N–H and O–H groups in total. The van der Waals surface area contributed by atoms with Gasteiger partial charge in [-0.1, -0.05) is 0 Å². The summed E-state index contributed by atoms with van der Waals surface area (Å²) < 4.78 is 33.6. The van der Waals surface area contributed by atoms with Gasteiger partial charge < -0.3 is 25.6 Å². The molecule has 1 amide bonds. The van der Waals surface area contributed by atoms with Gasteiger partial charge in [-0.3, -0.25) is 9.36 Å². The van der Waals surface area contributed by atoms with Gasteiger partial charge in [0.15, 0.2) is 6.10 Å². The molecule has 3 heterocycles. The van der Waals surface area contributed by atoms with Crippen molar-refractivity contribution in [3.05, 3.63) is 22.7 Å². The molecule has 0 radical (unpaired) electrons. The number of nitrogens with one attached hydrogen (secondary N) is 2. The highest BCUT2D eigenvalue weighted by Crippen LogP contribution is 2.41. The summed E-state index contributed by atoms with van der Waals surface area (Å²) in [5.74, 6) is -4.31. The van der Waals surface area contributed by atoms with Crippen LogP contribution < -0.4 is 16.3 Å². The van der Waals surface area contributed by atoms with Gasteiger partial charge in [-0.15, -0.1) is 0 Å². The maximum Gasteiger partial charge on any atom is 0.351 e. The Morgan fingerprint density at radius 1 is 1.46 bits per heavy atom. The number of carbonyl (C=O) groups is 1. The van der Waals surface area contributed by atoms with Gasteiger partial charge in [-0.25, -0.2) is 4.79 Å². The molecule has 2 fully saturated rings. The van der Waals surface area contributed by atoms with Crippen LogP contribution in [0.5, 0.6) is 0 Å². The molecular weight excluding hydrogens is 354 g/mol. The number of aliphatic hydroxyl groups excluding tert-OH is 2. The van der Waals surface area contributed by atoms with Gasteiger partial charge in [-0.05, 0) is 32.0 Å². The molecule has 11 heteroatoms. The average molecular weight is 374 g/mol. The molecule has 2 aliphatic rings. The van der Waals surface area contributed by atoms with Gasteiger partial charge >= 0.3 is 11.6 Å². The summed E-state index contributed by atoms with van der Waals surface area (Å²) in [7, 11) is 0. The topological polar surface area (TPSA) is 126 Å². The predicted molar refractivity (Wildman–Crippen MR) is 84.7 cm³/mol. The maximum absolute atomic E-state index is 14.1. The van der Waals surface area contributed by atoms with Crippen molar-refractivity contribution in [3.63, 3.8) is 0 Å². The van der Waals surface area contributed by atoms with E-state index in [0.717, 1.165) is 19.3 Å². The number of hydrogen-bond acceptors (Lipinski definition) is 7. The Morgan fingerprint density at radius 2 is 2.15 bits per heavy atom. The van der Waals surface area contributed by atoms with Gasteiger partial charge in [0.25, 0.3) is 0 Å². The van der Waals surface area contributed by atoms with E-state index in [1.165, 1.54) is 6.07 Å². The zero-order valence-corrected chi connectivity index (χ0v) is 13.8. The SMILES string of the molecule is O=C(Nc1ccn(C2OC(CO)C(O)C2(F)F)c(=O)n1)C1CCNCC1. The minimum atomic E-state index is -3.78. The number of anilines is 1. The number of nitrogens with zero attached hydrogens (tertiary/aromatic N) is 2. The highest BCUT2D eigenvalue weighted by atomic mass is 19.3. The summed E-state index contributed by atoms with van der Waals surface area (Å²) in [4.78, 5) is 27.9. The molecule has 3 rings (SSSR count). The van der Waals surface area contributed by atoms with Crippen LogP contribution in [0.25, 0.3) is 0 Å². The number of carbonyl (C=O) groups excluding carboxylic acids is 1. The van der Waals surface area contributed by atoms with Gasteiger partial charge in [-0.2, -0.15) is 13.8 Å². The minimum Gasteiger partial charge on any atom is -0.394 e. The van der Waals surface area contributed by atoms with Crippen LogP contribution >= 0.6 is 0 Å². The van der Waals surface area contributed by atoms with Crippen LogP contribution in [0.4, 0.5) is 14.6 Å². The van der Waals surface area contributed by atoms with Crippen molar-refractivity contribution in [1.82, 2.24) is 14.9 Å². The molecule has 0 bridgehead atoms. The van der Waals surface area contributed by atoms with Crippen molar-refractivity contribution in [2.24, 2.45) is 5.92 Å². The first-order valence-corrected chi connectivity index (χ1v) is 8.27. The third-order valence-electron chi connectivity index (χ3n) is 4.60. The lowest BCUT2D eigenvalue weighted by Crippen LogP contribution is -2.42. The lowest BCUT2D eigenvalue weighted by atomic mass is 9.97. The Morgan fingerprint density at radius 3 is 2.73 bits per heavy atom. The minimum absolute atomic E-state index is 0.0460. The zero-order chi connectivity index (χ0) is 18.9. The molecule has 2 aliphatic heterocycles. The van der Waals surface area contributed by atoms with E-state index in [1.807, 2.05) is 0 Å². The molecule has 0 saturated carbocycles. The summed E-state index contributed by atoms with van der Waals surface area (Å²) in [5, 5.41) is 24.2. The number of piperidine rings is 1. The first-order chi connectivity index (χ1) is 12.3. The average Bonchev–Trinajstić information content (AvgIpc) is 2.85. The number of ether oxygens (including phenoxy) is 1. The first-order valence-electron chi connectivity index (χ1n) is 8.27. The molecule has 1 aromatic rings. The predicted octanol–water partition coefficient (Wildman–Crippen LogP) is -0.933. The smallest absolute Gasteiger partial charge is 0.351 e. The maximum atomic E-state index is 14.1. The first kappa shape index (κ1) is 18.8. The van der Waals surface area contributed by atoms with E-state index in [-0.39, 0.29) is 17.6 Å². The summed E-state index contributed by atoms with van der Waals surface area (Å²) in [6, 6.07) is 1.21. The van der Waals surface area contributed by atoms with Crippen LogP contribution in [-0.4, -0.2) is 63.5 Å². The van der Waals surface area contributed by atoms with Crippen molar-refractivity contribution in [2.45, 2.75) is 37.2 Å². The monoisotopic (exact) mass is 374 g/mol. The molecule has 2 saturated heterocycles. The molecule has 3 atom stereocenters. The number of halogens is 2. The van der Waals surface area contributed by atoms with E-state index < -0.39 is 36.7 Å². The quantitative estimate of drug-likeness (QED) is 0.536. The second-order valence-electron chi connectivity index (χ2n) is 6.34. The van der Waals surface area contributed by atoms with Crippen LogP contribution in [0.15, 0.2) is 17.1 Å². The number of aliphatic hydroxyl groups is 2. The van der Waals surface area contributed by atoms with Crippen molar-refractivity contribution >= 4 is 11.7 Å². The number of amides is 1. The third kappa shape index (κ3) is 3.47. The van der Waals surface area contributed by atoms with Crippen LogP contribution in [0.2, 0.25) is 0 Å². The highest BCUT2D eigenvalue weighted by Gasteiger charge is 2.59. The van der Waals surface area contributed by atoms with Crippen molar-refractivity contribution in [2.75, 3.05) is 25.0 Å². The van der Waals surface area contributed by atoms with Gasteiger partial charge in [0.1, 0.15) is 11.9 Å².